The average molecular weight is 292 g/mol. The average Bonchev–Trinajstić information content (AvgIpc) is 2.89. The van der Waals surface area contributed by atoms with Crippen LogP contribution in [0.15, 0.2) is 29.3 Å². The molecule has 0 amide bonds. The van der Waals surface area contributed by atoms with Crippen LogP contribution in [-0.4, -0.2) is 18.1 Å². The first-order valence-corrected chi connectivity index (χ1v) is 6.65. The van der Waals surface area contributed by atoms with Crippen LogP contribution < -0.4 is 14.4 Å². The number of rotatable bonds is 2. The lowest BCUT2D eigenvalue weighted by Crippen LogP contribution is -2.25. The van der Waals surface area contributed by atoms with Crippen molar-refractivity contribution in [3.05, 3.63) is 29.3 Å². The summed E-state index contributed by atoms with van der Waals surface area (Å²) in [5, 5.41) is 0. The minimum Gasteiger partial charge on any atom is -0.395 e. The number of halogens is 3. The van der Waals surface area contributed by atoms with Gasteiger partial charge in [0.1, 0.15) is 0 Å². The summed E-state index contributed by atoms with van der Waals surface area (Å²) in [7, 11) is 0. The fraction of sp³-hybridized carbons (Fsp3) is 0.273. The fourth-order valence-electron chi connectivity index (χ4n) is 1.74. The number of hydrogen-bond acceptors (Lipinski definition) is 4. The zero-order valence-electron chi connectivity index (χ0n) is 9.03. The molecule has 1 aromatic rings. The van der Waals surface area contributed by atoms with Crippen LogP contribution in [0, 0.1) is 0 Å². The van der Waals surface area contributed by atoms with Gasteiger partial charge in [0.15, 0.2) is 11.5 Å². The summed E-state index contributed by atoms with van der Waals surface area (Å²) < 4.78 is 34.5. The smallest absolute Gasteiger partial charge is 0.395 e. The number of fused-ring (bicyclic) bond motifs is 1. The van der Waals surface area contributed by atoms with E-state index in [9.17, 15) is 8.78 Å². The molecule has 0 unspecified atom stereocenters. The highest BCUT2D eigenvalue weighted by Gasteiger charge is 2.43. The minimum atomic E-state index is -3.57. The number of anilines is 1. The van der Waals surface area contributed by atoms with E-state index in [1.54, 1.807) is 17.8 Å². The van der Waals surface area contributed by atoms with Crippen molar-refractivity contribution >= 4 is 29.1 Å². The molecule has 0 radical (unpaired) electrons. The van der Waals surface area contributed by atoms with Crippen molar-refractivity contribution in [1.82, 2.24) is 0 Å². The van der Waals surface area contributed by atoms with Gasteiger partial charge in [0, 0.05) is 22.9 Å². The third-order valence-corrected chi connectivity index (χ3v) is 4.01. The molecule has 2 heterocycles. The van der Waals surface area contributed by atoms with Crippen molar-refractivity contribution in [3.63, 3.8) is 0 Å². The van der Waals surface area contributed by atoms with E-state index in [4.69, 9.17) is 11.6 Å². The number of thioether (sulfide) groups is 1. The molecular weight excluding hydrogens is 284 g/mol. The summed E-state index contributed by atoms with van der Waals surface area (Å²) in [6, 6.07) is 4.71. The molecule has 0 aliphatic carbocycles. The summed E-state index contributed by atoms with van der Waals surface area (Å²) in [6.07, 6.45) is -1.68. The number of ether oxygens (including phenoxy) is 2. The number of nitrogens with zero attached hydrogens (tertiary/aromatic N) is 1. The predicted molar refractivity (Wildman–Crippen MR) is 66.4 cm³/mol. The lowest BCUT2D eigenvalue weighted by molar-refractivity contribution is -0.286. The topological polar surface area (TPSA) is 21.7 Å². The quantitative estimate of drug-likeness (QED) is 0.776. The maximum Gasteiger partial charge on any atom is 0.586 e. The van der Waals surface area contributed by atoms with Gasteiger partial charge in [0.05, 0.1) is 11.8 Å². The molecule has 3 nitrogen and oxygen atoms in total. The van der Waals surface area contributed by atoms with Crippen LogP contribution >= 0.6 is 23.4 Å². The van der Waals surface area contributed by atoms with E-state index in [1.807, 2.05) is 11.1 Å². The Bertz CT molecular complexity index is 524. The highest BCUT2D eigenvalue weighted by Crippen LogP contribution is 2.43. The summed E-state index contributed by atoms with van der Waals surface area (Å²) in [5.41, 5.74) is 0.766. The van der Waals surface area contributed by atoms with Crippen molar-refractivity contribution in [1.29, 1.82) is 0 Å². The van der Waals surface area contributed by atoms with Gasteiger partial charge >= 0.3 is 6.29 Å². The van der Waals surface area contributed by atoms with Gasteiger partial charge in [-0.3, -0.25) is 0 Å². The Balaban J connectivity index is 1.87. The predicted octanol–water partition coefficient (Wildman–Crippen LogP) is 3.60. The second-order valence-corrected chi connectivity index (χ2v) is 5.11. The molecule has 0 saturated carbocycles. The summed E-state index contributed by atoms with van der Waals surface area (Å²) in [6.45, 7) is 0. The molecule has 0 aromatic heterocycles. The van der Waals surface area contributed by atoms with Crippen LogP contribution in [0.2, 0.25) is 0 Å². The molecule has 2 aliphatic rings. The fourth-order valence-corrected chi connectivity index (χ4v) is 2.85. The molecule has 3 rings (SSSR count). The van der Waals surface area contributed by atoms with E-state index in [-0.39, 0.29) is 11.5 Å². The Kier molecular flexibility index (Phi) is 2.79. The molecule has 0 fully saturated rings. The summed E-state index contributed by atoms with van der Waals surface area (Å²) >= 11 is 7.35. The van der Waals surface area contributed by atoms with Crippen LogP contribution in [0.3, 0.4) is 0 Å². The number of alkyl halides is 3. The van der Waals surface area contributed by atoms with Gasteiger partial charge < -0.3 is 14.4 Å². The number of hydrogen-bond donors (Lipinski definition) is 0. The number of benzene rings is 1. The van der Waals surface area contributed by atoms with Gasteiger partial charge in [-0.15, -0.1) is 32.1 Å². The Morgan fingerprint density at radius 3 is 2.83 bits per heavy atom. The Labute approximate surface area is 111 Å². The standard InChI is InChI=1S/C11H8ClF2NO2S/c12-4-8-5-15(6-18-8)7-1-2-9-10(3-7)17-11(13,14)16-9/h1-3,5H,4,6H2. The third kappa shape index (κ3) is 2.10. The van der Waals surface area contributed by atoms with Crippen molar-refractivity contribution in [2.45, 2.75) is 6.29 Å². The van der Waals surface area contributed by atoms with Crippen LogP contribution in [0.4, 0.5) is 14.5 Å². The van der Waals surface area contributed by atoms with Crippen LogP contribution in [0.5, 0.6) is 11.5 Å². The monoisotopic (exact) mass is 291 g/mol. The van der Waals surface area contributed by atoms with Gasteiger partial charge in [-0.1, -0.05) is 0 Å². The molecule has 2 aliphatic heterocycles. The molecule has 0 saturated heterocycles. The van der Waals surface area contributed by atoms with Gasteiger partial charge in [0.2, 0.25) is 0 Å². The first kappa shape index (κ1) is 11.9. The lowest BCUT2D eigenvalue weighted by Gasteiger charge is -2.14. The van der Waals surface area contributed by atoms with E-state index in [0.29, 0.717) is 11.8 Å². The van der Waals surface area contributed by atoms with Crippen LogP contribution in [0.1, 0.15) is 0 Å². The second-order valence-electron chi connectivity index (χ2n) is 3.77. The van der Waals surface area contributed by atoms with Crippen molar-refractivity contribution in [2.75, 3.05) is 16.7 Å². The number of allylic oxidation sites excluding steroid dienone is 1. The first-order valence-electron chi connectivity index (χ1n) is 5.13. The van der Waals surface area contributed by atoms with E-state index < -0.39 is 6.29 Å². The molecule has 0 atom stereocenters. The molecule has 0 spiro atoms. The van der Waals surface area contributed by atoms with E-state index >= 15 is 0 Å². The highest BCUT2D eigenvalue weighted by molar-refractivity contribution is 8.03. The molecule has 96 valence electrons. The van der Waals surface area contributed by atoms with Crippen molar-refractivity contribution < 1.29 is 18.3 Å². The van der Waals surface area contributed by atoms with Crippen molar-refractivity contribution in [3.8, 4) is 11.5 Å². The van der Waals surface area contributed by atoms with E-state index in [2.05, 4.69) is 9.47 Å². The van der Waals surface area contributed by atoms with E-state index in [1.165, 1.54) is 12.1 Å². The summed E-state index contributed by atoms with van der Waals surface area (Å²) in [4.78, 5) is 2.96. The van der Waals surface area contributed by atoms with Crippen molar-refractivity contribution in [2.24, 2.45) is 0 Å². The largest absolute Gasteiger partial charge is 0.586 e. The molecule has 1 aromatic carbocycles. The maximum atomic E-state index is 12.9. The van der Waals surface area contributed by atoms with Gasteiger partial charge in [-0.05, 0) is 12.1 Å². The molecule has 0 bridgehead atoms. The second kappa shape index (κ2) is 4.20. The molecule has 18 heavy (non-hydrogen) atoms. The minimum absolute atomic E-state index is 0.0511. The maximum absolute atomic E-state index is 12.9. The lowest BCUT2D eigenvalue weighted by atomic mass is 10.2. The first-order chi connectivity index (χ1) is 8.57. The van der Waals surface area contributed by atoms with Gasteiger partial charge in [-0.25, -0.2) is 0 Å². The van der Waals surface area contributed by atoms with Gasteiger partial charge in [0.25, 0.3) is 0 Å². The van der Waals surface area contributed by atoms with Crippen LogP contribution in [0.25, 0.3) is 0 Å². The molecule has 0 N–H and O–H groups in total. The molecule has 7 heteroatoms. The zero-order chi connectivity index (χ0) is 12.8. The van der Waals surface area contributed by atoms with Crippen LogP contribution in [-0.2, 0) is 0 Å². The molecular formula is C11H8ClF2NO2S. The third-order valence-electron chi connectivity index (χ3n) is 2.54. The Hall–Kier alpha value is -1.14. The highest BCUT2D eigenvalue weighted by atomic mass is 35.5. The summed E-state index contributed by atoms with van der Waals surface area (Å²) in [5.74, 6) is 1.26. The zero-order valence-corrected chi connectivity index (χ0v) is 10.6. The Morgan fingerprint density at radius 1 is 1.33 bits per heavy atom. The van der Waals surface area contributed by atoms with E-state index in [0.717, 1.165) is 10.6 Å². The SMILES string of the molecule is FC1(F)Oc2ccc(N3C=C(CCl)SC3)cc2O1. The van der Waals surface area contributed by atoms with Gasteiger partial charge in [-0.2, -0.15) is 0 Å². The Morgan fingerprint density at radius 2 is 2.11 bits per heavy atom. The normalized spacial score (nSPS) is 20.2.